The first kappa shape index (κ1) is 29.4. The third kappa shape index (κ3) is 7.70. The molecule has 5 N–H and O–H groups in total. The molecule has 36 heavy (non-hydrogen) atoms. The predicted octanol–water partition coefficient (Wildman–Crippen LogP) is 3.36. The van der Waals surface area contributed by atoms with Gasteiger partial charge in [-0.1, -0.05) is 44.8 Å². The maximum absolute atomic E-state index is 12.6. The molecule has 9 atom stereocenters. The van der Waals surface area contributed by atoms with E-state index in [0.29, 0.717) is 31.6 Å². The number of hydrogen-bond donors (Lipinski definition) is 4. The van der Waals surface area contributed by atoms with E-state index in [1.165, 1.54) is 12.8 Å². The number of ketones is 2. The van der Waals surface area contributed by atoms with Gasteiger partial charge in [-0.05, 0) is 62.3 Å². The fourth-order valence-corrected chi connectivity index (χ4v) is 7.17. The van der Waals surface area contributed by atoms with Crippen molar-refractivity contribution in [3.8, 4) is 0 Å². The summed E-state index contributed by atoms with van der Waals surface area (Å²) in [6, 6.07) is 0. The first-order chi connectivity index (χ1) is 17.4. The van der Waals surface area contributed by atoms with E-state index >= 15 is 0 Å². The Morgan fingerprint density at radius 2 is 1.81 bits per heavy atom. The summed E-state index contributed by atoms with van der Waals surface area (Å²) in [4.78, 5) is 24.8. The van der Waals surface area contributed by atoms with Gasteiger partial charge in [0.25, 0.3) is 0 Å². The molecule has 7 nitrogen and oxygen atoms in total. The third-order valence-electron chi connectivity index (χ3n) is 9.12. The Kier molecular flexibility index (Phi) is 12.0. The van der Waals surface area contributed by atoms with Crippen LogP contribution >= 0.6 is 0 Å². The number of rotatable bonds is 14. The minimum atomic E-state index is -0.603. The van der Waals surface area contributed by atoms with Crippen LogP contribution in [0.2, 0.25) is 0 Å². The van der Waals surface area contributed by atoms with Crippen molar-refractivity contribution in [2.75, 3.05) is 20.3 Å². The van der Waals surface area contributed by atoms with Gasteiger partial charge in [-0.25, -0.2) is 0 Å². The van der Waals surface area contributed by atoms with Crippen molar-refractivity contribution in [3.63, 3.8) is 0 Å². The number of unbranched alkanes of at least 4 members (excludes halogenated alkanes) is 4. The van der Waals surface area contributed by atoms with Gasteiger partial charge >= 0.3 is 0 Å². The van der Waals surface area contributed by atoms with E-state index in [9.17, 15) is 19.8 Å². The largest absolute Gasteiger partial charge is 0.396 e. The molecule has 0 aromatic heterocycles. The minimum Gasteiger partial charge on any atom is -0.396 e. The maximum atomic E-state index is 12.6. The molecular formula is C29H50N2O5. The Balaban J connectivity index is 1.58. The molecule has 1 saturated carbocycles. The molecule has 0 aromatic carbocycles. The van der Waals surface area contributed by atoms with Crippen LogP contribution in [0.25, 0.3) is 0 Å². The highest BCUT2D eigenvalue weighted by molar-refractivity contribution is 5.98. The number of piperidine rings is 1. The van der Waals surface area contributed by atoms with Crippen molar-refractivity contribution < 1.29 is 24.5 Å². The molecule has 7 heteroatoms. The van der Waals surface area contributed by atoms with Gasteiger partial charge in [0.1, 0.15) is 11.6 Å². The highest BCUT2D eigenvalue weighted by Crippen LogP contribution is 2.49. The van der Waals surface area contributed by atoms with Crippen LogP contribution in [0.5, 0.6) is 0 Å². The molecule has 0 aromatic rings. The van der Waals surface area contributed by atoms with Crippen molar-refractivity contribution in [3.05, 3.63) is 12.2 Å². The Hall–Kier alpha value is -1.12. The standard InChI is InChI=1S/C29H50N2O5/c1-3-4-5-6-7-8-21(33)17-22(34)11-9-19-15-25(28(35)26(16-19)36-2)27-20(18-32)10-12-24-23(27)13-14-31-29(24)30/h10,12,19-20,23-29,31-32,35H,3-9,11,13-18,30H2,1-2H3. The second kappa shape index (κ2) is 14.7. The summed E-state index contributed by atoms with van der Waals surface area (Å²) in [6.07, 6.45) is 12.9. The lowest BCUT2D eigenvalue weighted by Gasteiger charge is -2.51. The second-order valence-corrected chi connectivity index (χ2v) is 11.5. The maximum Gasteiger partial charge on any atom is 0.140 e. The van der Waals surface area contributed by atoms with E-state index in [-0.39, 0.29) is 66.5 Å². The van der Waals surface area contributed by atoms with Crippen molar-refractivity contribution >= 4 is 11.6 Å². The van der Waals surface area contributed by atoms with E-state index in [4.69, 9.17) is 10.5 Å². The summed E-state index contributed by atoms with van der Waals surface area (Å²) in [7, 11) is 1.64. The fraction of sp³-hybridized carbons (Fsp3) is 0.862. The van der Waals surface area contributed by atoms with E-state index in [2.05, 4.69) is 24.4 Å². The summed E-state index contributed by atoms with van der Waals surface area (Å²) >= 11 is 0. The number of carbonyl (C=O) groups excluding carboxylic acids is 2. The van der Waals surface area contributed by atoms with E-state index in [1.807, 2.05) is 0 Å². The van der Waals surface area contributed by atoms with Crippen LogP contribution in [-0.4, -0.2) is 60.4 Å². The van der Waals surface area contributed by atoms with E-state index in [1.54, 1.807) is 7.11 Å². The molecule has 3 aliphatic rings. The molecule has 9 unspecified atom stereocenters. The van der Waals surface area contributed by atoms with Crippen molar-refractivity contribution in [2.45, 2.75) is 102 Å². The summed E-state index contributed by atoms with van der Waals surface area (Å²) < 4.78 is 5.72. The van der Waals surface area contributed by atoms with Crippen molar-refractivity contribution in [1.82, 2.24) is 5.32 Å². The Bertz CT molecular complexity index is 728. The summed E-state index contributed by atoms with van der Waals surface area (Å²) in [5.41, 5.74) is 6.38. The lowest BCUT2D eigenvalue weighted by molar-refractivity contribution is -0.128. The third-order valence-corrected chi connectivity index (χ3v) is 9.12. The molecule has 0 radical (unpaired) electrons. The fourth-order valence-electron chi connectivity index (χ4n) is 7.17. The van der Waals surface area contributed by atoms with Gasteiger partial charge in [-0.15, -0.1) is 0 Å². The number of fused-ring (bicyclic) bond motifs is 1. The lowest BCUT2D eigenvalue weighted by atomic mass is 9.58. The molecule has 0 bridgehead atoms. The van der Waals surface area contributed by atoms with Crippen molar-refractivity contribution in [1.29, 1.82) is 0 Å². The molecular weight excluding hydrogens is 456 g/mol. The number of nitrogens with two attached hydrogens (primary N) is 1. The Morgan fingerprint density at radius 3 is 2.53 bits per heavy atom. The van der Waals surface area contributed by atoms with Crippen LogP contribution in [0.4, 0.5) is 0 Å². The van der Waals surface area contributed by atoms with Crippen LogP contribution in [0.1, 0.15) is 84.0 Å². The topological polar surface area (TPSA) is 122 Å². The second-order valence-electron chi connectivity index (χ2n) is 11.5. The zero-order valence-corrected chi connectivity index (χ0v) is 22.4. The SMILES string of the molecule is CCCCCCCC(=O)CC(=O)CCC1CC(OC)C(O)C(C2C(CO)C=CC3C(N)NCCC32)C1. The number of nitrogens with one attached hydrogen (secondary N) is 1. The molecule has 3 rings (SSSR count). The zero-order chi connectivity index (χ0) is 26.1. The van der Waals surface area contributed by atoms with E-state index in [0.717, 1.165) is 38.6 Å². The molecule has 1 saturated heterocycles. The molecule has 2 fully saturated rings. The number of methoxy groups -OCH3 is 1. The molecule has 2 aliphatic carbocycles. The average molecular weight is 507 g/mol. The number of aliphatic hydroxyl groups is 2. The number of ether oxygens (including phenoxy) is 1. The molecule has 206 valence electrons. The molecule has 0 amide bonds. The average Bonchev–Trinajstić information content (AvgIpc) is 2.87. The van der Waals surface area contributed by atoms with Crippen LogP contribution in [0.3, 0.4) is 0 Å². The van der Waals surface area contributed by atoms with Gasteiger partial charge in [0.15, 0.2) is 0 Å². The Labute approximate surface area is 217 Å². The zero-order valence-electron chi connectivity index (χ0n) is 22.4. The van der Waals surface area contributed by atoms with Gasteiger partial charge in [0.05, 0.1) is 24.8 Å². The number of aliphatic hydroxyl groups excluding tert-OH is 2. The van der Waals surface area contributed by atoms with Gasteiger partial charge in [0, 0.05) is 38.4 Å². The van der Waals surface area contributed by atoms with Gasteiger partial charge in [-0.3, -0.25) is 9.59 Å². The smallest absolute Gasteiger partial charge is 0.140 e. The molecule has 1 aliphatic heterocycles. The van der Waals surface area contributed by atoms with Crippen LogP contribution in [0.15, 0.2) is 12.2 Å². The highest BCUT2D eigenvalue weighted by atomic mass is 16.5. The number of Topliss-reactive ketones (excluding diaryl/α,β-unsaturated/α-hetero) is 2. The normalized spacial score (nSPS) is 36.4. The number of carbonyl (C=O) groups is 2. The summed E-state index contributed by atoms with van der Waals surface area (Å²) in [6.45, 7) is 3.06. The first-order valence-corrected chi connectivity index (χ1v) is 14.4. The van der Waals surface area contributed by atoms with Gasteiger partial charge in [-0.2, -0.15) is 0 Å². The lowest BCUT2D eigenvalue weighted by Crippen LogP contribution is -2.57. The summed E-state index contributed by atoms with van der Waals surface area (Å²) in [5, 5.41) is 24.9. The van der Waals surface area contributed by atoms with Gasteiger partial charge in [0.2, 0.25) is 0 Å². The molecule has 1 heterocycles. The number of hydrogen-bond acceptors (Lipinski definition) is 7. The van der Waals surface area contributed by atoms with Crippen LogP contribution < -0.4 is 11.1 Å². The van der Waals surface area contributed by atoms with E-state index < -0.39 is 6.10 Å². The predicted molar refractivity (Wildman–Crippen MR) is 141 cm³/mol. The van der Waals surface area contributed by atoms with Crippen LogP contribution in [0, 0.1) is 35.5 Å². The summed E-state index contributed by atoms with van der Waals surface area (Å²) in [5.74, 6) is 0.928. The van der Waals surface area contributed by atoms with Crippen LogP contribution in [-0.2, 0) is 14.3 Å². The van der Waals surface area contributed by atoms with Crippen molar-refractivity contribution in [2.24, 2.45) is 41.2 Å². The first-order valence-electron chi connectivity index (χ1n) is 14.4. The highest BCUT2D eigenvalue weighted by Gasteiger charge is 2.49. The van der Waals surface area contributed by atoms with Gasteiger partial charge < -0.3 is 26.0 Å². The minimum absolute atomic E-state index is 0.0102. The molecule has 0 spiro atoms. The Morgan fingerprint density at radius 1 is 1.06 bits per heavy atom. The quantitative estimate of drug-likeness (QED) is 0.162. The monoisotopic (exact) mass is 506 g/mol.